The fourth-order valence-corrected chi connectivity index (χ4v) is 1.87. The standard InChI is InChI=1S/C11H12BrN3/c1-7-8(2)15(6-14-7)11-4-3-9(12)5-10(11)13/h3-6H,13H2,1-2H3. The number of hydrogen-bond acceptors (Lipinski definition) is 2. The third kappa shape index (κ3) is 1.77. The number of aryl methyl sites for hydroxylation is 1. The third-order valence-corrected chi connectivity index (χ3v) is 2.99. The number of benzene rings is 1. The largest absolute Gasteiger partial charge is 0.397 e. The molecule has 0 aliphatic carbocycles. The lowest BCUT2D eigenvalue weighted by Gasteiger charge is -2.09. The number of halogens is 1. The first-order chi connectivity index (χ1) is 7.09. The van der Waals surface area contributed by atoms with Gasteiger partial charge < -0.3 is 10.3 Å². The van der Waals surface area contributed by atoms with Crippen molar-refractivity contribution in [3.8, 4) is 5.69 Å². The Kier molecular flexibility index (Phi) is 2.52. The van der Waals surface area contributed by atoms with Gasteiger partial charge in [0.25, 0.3) is 0 Å². The lowest BCUT2D eigenvalue weighted by atomic mass is 10.2. The molecule has 0 spiro atoms. The van der Waals surface area contributed by atoms with Crippen LogP contribution in [-0.2, 0) is 0 Å². The van der Waals surface area contributed by atoms with Crippen molar-refractivity contribution in [1.29, 1.82) is 0 Å². The summed E-state index contributed by atoms with van der Waals surface area (Å²) in [7, 11) is 0. The third-order valence-electron chi connectivity index (χ3n) is 2.50. The Morgan fingerprint density at radius 3 is 2.60 bits per heavy atom. The van der Waals surface area contributed by atoms with Crippen molar-refractivity contribution in [2.24, 2.45) is 0 Å². The summed E-state index contributed by atoms with van der Waals surface area (Å²) in [5, 5.41) is 0. The Morgan fingerprint density at radius 2 is 2.07 bits per heavy atom. The van der Waals surface area contributed by atoms with Gasteiger partial charge in [0, 0.05) is 10.2 Å². The lowest BCUT2D eigenvalue weighted by molar-refractivity contribution is 1.00. The predicted molar refractivity (Wildman–Crippen MR) is 65.2 cm³/mol. The van der Waals surface area contributed by atoms with E-state index < -0.39 is 0 Å². The van der Waals surface area contributed by atoms with E-state index >= 15 is 0 Å². The minimum atomic E-state index is 0.741. The molecule has 0 aliphatic rings. The summed E-state index contributed by atoms with van der Waals surface area (Å²) in [4.78, 5) is 4.25. The Bertz CT molecular complexity index is 503. The first-order valence-corrected chi connectivity index (χ1v) is 5.45. The highest BCUT2D eigenvalue weighted by Crippen LogP contribution is 2.23. The summed E-state index contributed by atoms with van der Waals surface area (Å²) in [6.07, 6.45) is 1.80. The number of anilines is 1. The average Bonchev–Trinajstić information content (AvgIpc) is 2.49. The molecule has 2 N–H and O–H groups in total. The molecule has 3 nitrogen and oxygen atoms in total. The molecule has 0 radical (unpaired) electrons. The topological polar surface area (TPSA) is 43.8 Å². The van der Waals surface area contributed by atoms with E-state index in [0.29, 0.717) is 0 Å². The van der Waals surface area contributed by atoms with Gasteiger partial charge in [-0.25, -0.2) is 4.98 Å². The fraction of sp³-hybridized carbons (Fsp3) is 0.182. The lowest BCUT2D eigenvalue weighted by Crippen LogP contribution is -2.00. The summed E-state index contributed by atoms with van der Waals surface area (Å²) in [5.41, 5.74) is 9.80. The maximum absolute atomic E-state index is 5.95. The van der Waals surface area contributed by atoms with Crippen molar-refractivity contribution >= 4 is 21.6 Å². The smallest absolute Gasteiger partial charge is 0.0998 e. The highest BCUT2D eigenvalue weighted by atomic mass is 79.9. The minimum absolute atomic E-state index is 0.741. The Labute approximate surface area is 97.1 Å². The van der Waals surface area contributed by atoms with E-state index in [1.807, 2.05) is 36.6 Å². The molecule has 0 bridgehead atoms. The highest BCUT2D eigenvalue weighted by molar-refractivity contribution is 9.10. The zero-order valence-electron chi connectivity index (χ0n) is 8.66. The van der Waals surface area contributed by atoms with Crippen LogP contribution < -0.4 is 5.73 Å². The predicted octanol–water partition coefficient (Wildman–Crippen LogP) is 2.83. The number of imidazole rings is 1. The maximum atomic E-state index is 5.95. The van der Waals surface area contributed by atoms with Gasteiger partial charge in [0.1, 0.15) is 0 Å². The fourth-order valence-electron chi connectivity index (χ4n) is 1.49. The quantitative estimate of drug-likeness (QED) is 0.806. The molecule has 0 fully saturated rings. The first kappa shape index (κ1) is 10.2. The molecule has 1 aromatic carbocycles. The van der Waals surface area contributed by atoms with Gasteiger partial charge in [0.2, 0.25) is 0 Å². The van der Waals surface area contributed by atoms with Crippen molar-refractivity contribution in [1.82, 2.24) is 9.55 Å². The van der Waals surface area contributed by atoms with Gasteiger partial charge in [-0.05, 0) is 32.0 Å². The minimum Gasteiger partial charge on any atom is -0.397 e. The summed E-state index contributed by atoms with van der Waals surface area (Å²) in [6.45, 7) is 4.02. The molecule has 2 rings (SSSR count). The van der Waals surface area contributed by atoms with Gasteiger partial charge >= 0.3 is 0 Å². The Balaban J connectivity index is 2.59. The normalized spacial score (nSPS) is 10.6. The molecule has 4 heteroatoms. The van der Waals surface area contributed by atoms with Crippen LogP contribution in [0.15, 0.2) is 29.0 Å². The molecule has 0 unspecified atom stereocenters. The monoisotopic (exact) mass is 265 g/mol. The van der Waals surface area contributed by atoms with Gasteiger partial charge in [-0.15, -0.1) is 0 Å². The molecule has 0 aliphatic heterocycles. The van der Waals surface area contributed by atoms with Gasteiger partial charge in [-0.3, -0.25) is 0 Å². The molecular formula is C11H12BrN3. The van der Waals surface area contributed by atoms with Crippen molar-refractivity contribution in [2.45, 2.75) is 13.8 Å². The highest BCUT2D eigenvalue weighted by Gasteiger charge is 2.07. The van der Waals surface area contributed by atoms with Crippen LogP contribution in [0.25, 0.3) is 5.69 Å². The van der Waals surface area contributed by atoms with E-state index in [1.165, 1.54) is 0 Å². The first-order valence-electron chi connectivity index (χ1n) is 4.65. The van der Waals surface area contributed by atoms with Crippen LogP contribution in [0.1, 0.15) is 11.4 Å². The summed E-state index contributed by atoms with van der Waals surface area (Å²) >= 11 is 3.39. The zero-order valence-corrected chi connectivity index (χ0v) is 10.2. The SMILES string of the molecule is Cc1ncn(-c2ccc(Br)cc2N)c1C. The van der Waals surface area contributed by atoms with Gasteiger partial charge in [-0.1, -0.05) is 15.9 Å². The summed E-state index contributed by atoms with van der Waals surface area (Å²) in [5.74, 6) is 0. The van der Waals surface area contributed by atoms with Gasteiger partial charge in [0.15, 0.2) is 0 Å². The molecule has 0 amide bonds. The van der Waals surface area contributed by atoms with E-state index in [2.05, 4.69) is 20.9 Å². The van der Waals surface area contributed by atoms with Crippen molar-refractivity contribution in [3.63, 3.8) is 0 Å². The second-order valence-corrected chi connectivity index (χ2v) is 4.40. The van der Waals surface area contributed by atoms with Crippen LogP contribution in [0, 0.1) is 13.8 Å². The van der Waals surface area contributed by atoms with Gasteiger partial charge in [0.05, 0.1) is 23.4 Å². The Hall–Kier alpha value is -1.29. The number of rotatable bonds is 1. The van der Waals surface area contributed by atoms with E-state index in [9.17, 15) is 0 Å². The molecule has 0 atom stereocenters. The van der Waals surface area contributed by atoms with Gasteiger partial charge in [-0.2, -0.15) is 0 Å². The molecule has 0 saturated heterocycles. The molecule has 0 saturated carbocycles. The molecular weight excluding hydrogens is 254 g/mol. The number of hydrogen-bond donors (Lipinski definition) is 1. The van der Waals surface area contributed by atoms with Crippen molar-refractivity contribution in [3.05, 3.63) is 40.4 Å². The second-order valence-electron chi connectivity index (χ2n) is 3.49. The molecule has 15 heavy (non-hydrogen) atoms. The van der Waals surface area contributed by atoms with E-state index in [0.717, 1.165) is 27.2 Å². The summed E-state index contributed by atoms with van der Waals surface area (Å²) in [6, 6.07) is 5.85. The van der Waals surface area contributed by atoms with E-state index in [1.54, 1.807) is 6.33 Å². The van der Waals surface area contributed by atoms with Crippen LogP contribution in [0.3, 0.4) is 0 Å². The number of nitrogens with zero attached hydrogens (tertiary/aromatic N) is 2. The summed E-state index contributed by atoms with van der Waals surface area (Å²) < 4.78 is 2.98. The Morgan fingerprint density at radius 1 is 1.33 bits per heavy atom. The van der Waals surface area contributed by atoms with Crippen LogP contribution in [0.5, 0.6) is 0 Å². The number of nitrogen functional groups attached to an aromatic ring is 1. The van der Waals surface area contributed by atoms with E-state index in [4.69, 9.17) is 5.73 Å². The number of aromatic nitrogens is 2. The molecule has 1 heterocycles. The van der Waals surface area contributed by atoms with E-state index in [-0.39, 0.29) is 0 Å². The molecule has 78 valence electrons. The second kappa shape index (κ2) is 3.70. The molecule has 1 aromatic heterocycles. The molecule has 2 aromatic rings. The van der Waals surface area contributed by atoms with Crippen molar-refractivity contribution < 1.29 is 0 Å². The van der Waals surface area contributed by atoms with Crippen LogP contribution >= 0.6 is 15.9 Å². The zero-order chi connectivity index (χ0) is 11.0. The van der Waals surface area contributed by atoms with Crippen molar-refractivity contribution in [2.75, 3.05) is 5.73 Å². The van der Waals surface area contributed by atoms with Crippen LogP contribution in [0.4, 0.5) is 5.69 Å². The van der Waals surface area contributed by atoms with Crippen LogP contribution in [0.2, 0.25) is 0 Å². The maximum Gasteiger partial charge on any atom is 0.0998 e. The van der Waals surface area contributed by atoms with Crippen LogP contribution in [-0.4, -0.2) is 9.55 Å². The number of nitrogens with two attached hydrogens (primary N) is 1. The average molecular weight is 266 g/mol.